The van der Waals surface area contributed by atoms with Gasteiger partial charge in [0.15, 0.2) is 0 Å². The molecule has 1 fully saturated rings. The zero-order valence-electron chi connectivity index (χ0n) is 17.9. The predicted octanol–water partition coefficient (Wildman–Crippen LogP) is 0.727. The molecule has 1 aliphatic heterocycles. The molecule has 1 saturated heterocycles. The molecule has 12 heteroatoms. The van der Waals surface area contributed by atoms with Crippen LogP contribution in [0, 0.1) is 0 Å². The second-order valence-corrected chi connectivity index (χ2v) is 11.2. The van der Waals surface area contributed by atoms with Crippen molar-refractivity contribution in [2.75, 3.05) is 31.5 Å². The first-order valence-corrected chi connectivity index (χ1v) is 13.4. The Labute approximate surface area is 193 Å². The SMILES string of the molecule is NS(=O)(=O)Cc1cccc(NC(=O)CCC(=O)N2CCN(S(=O)(=O)c3ccccc3)CC2)c1. The highest BCUT2D eigenvalue weighted by Gasteiger charge is 2.30. The molecule has 178 valence electrons. The van der Waals surface area contributed by atoms with Gasteiger partial charge in [-0.3, -0.25) is 9.59 Å². The van der Waals surface area contributed by atoms with E-state index in [2.05, 4.69) is 5.32 Å². The Morgan fingerprint density at radius 2 is 1.55 bits per heavy atom. The number of carbonyl (C=O) groups is 2. The van der Waals surface area contributed by atoms with Gasteiger partial charge >= 0.3 is 0 Å². The summed E-state index contributed by atoms with van der Waals surface area (Å²) in [6.07, 6.45) is -0.0745. The van der Waals surface area contributed by atoms with Crippen LogP contribution in [0.5, 0.6) is 0 Å². The van der Waals surface area contributed by atoms with Gasteiger partial charge in [-0.2, -0.15) is 4.31 Å². The van der Waals surface area contributed by atoms with Gasteiger partial charge in [0.05, 0.1) is 10.6 Å². The molecule has 1 aliphatic rings. The van der Waals surface area contributed by atoms with Crippen molar-refractivity contribution in [3.8, 4) is 0 Å². The van der Waals surface area contributed by atoms with Gasteiger partial charge in [-0.15, -0.1) is 0 Å². The fourth-order valence-electron chi connectivity index (χ4n) is 3.49. The lowest BCUT2D eigenvalue weighted by atomic mass is 10.2. The van der Waals surface area contributed by atoms with E-state index in [1.54, 1.807) is 41.3 Å². The zero-order chi connectivity index (χ0) is 24.1. The van der Waals surface area contributed by atoms with Crippen molar-refractivity contribution in [2.24, 2.45) is 5.14 Å². The van der Waals surface area contributed by atoms with Crippen LogP contribution in [-0.2, 0) is 35.4 Å². The molecule has 3 N–H and O–H groups in total. The van der Waals surface area contributed by atoms with Gasteiger partial charge in [-0.25, -0.2) is 22.0 Å². The molecule has 0 saturated carbocycles. The molecule has 33 heavy (non-hydrogen) atoms. The first-order valence-electron chi connectivity index (χ1n) is 10.3. The number of nitrogens with zero attached hydrogens (tertiary/aromatic N) is 2. The second-order valence-electron chi connectivity index (χ2n) is 7.65. The first kappa shape index (κ1) is 24.8. The molecule has 10 nitrogen and oxygen atoms in total. The number of benzene rings is 2. The Hall–Kier alpha value is -2.80. The molecule has 0 unspecified atom stereocenters. The van der Waals surface area contributed by atoms with Gasteiger partial charge in [-0.05, 0) is 29.8 Å². The van der Waals surface area contributed by atoms with Crippen molar-refractivity contribution in [3.63, 3.8) is 0 Å². The van der Waals surface area contributed by atoms with E-state index in [0.29, 0.717) is 11.3 Å². The predicted molar refractivity (Wildman–Crippen MR) is 123 cm³/mol. The van der Waals surface area contributed by atoms with Crippen molar-refractivity contribution >= 4 is 37.5 Å². The molecule has 0 spiro atoms. The Morgan fingerprint density at radius 3 is 2.18 bits per heavy atom. The van der Waals surface area contributed by atoms with Crippen LogP contribution in [0.1, 0.15) is 18.4 Å². The number of carbonyl (C=O) groups excluding carboxylic acids is 2. The molecule has 0 aliphatic carbocycles. The van der Waals surface area contributed by atoms with Crippen LogP contribution in [0.4, 0.5) is 5.69 Å². The van der Waals surface area contributed by atoms with Crippen molar-refractivity contribution in [1.29, 1.82) is 0 Å². The zero-order valence-corrected chi connectivity index (χ0v) is 19.5. The maximum atomic E-state index is 12.7. The largest absolute Gasteiger partial charge is 0.340 e. The van der Waals surface area contributed by atoms with E-state index in [1.165, 1.54) is 22.5 Å². The van der Waals surface area contributed by atoms with E-state index in [0.717, 1.165) is 0 Å². The molecule has 0 bridgehead atoms. The smallest absolute Gasteiger partial charge is 0.243 e. The minimum absolute atomic E-state index is 0.0197. The second kappa shape index (κ2) is 10.4. The highest BCUT2D eigenvalue weighted by Crippen LogP contribution is 2.18. The molecule has 0 radical (unpaired) electrons. The Balaban J connectivity index is 1.47. The Kier molecular flexibility index (Phi) is 7.84. The molecule has 2 aromatic carbocycles. The van der Waals surface area contributed by atoms with E-state index in [-0.39, 0.29) is 61.5 Å². The molecular weight excluding hydrogens is 468 g/mol. The average molecular weight is 495 g/mol. The summed E-state index contributed by atoms with van der Waals surface area (Å²) in [7, 11) is -7.29. The summed E-state index contributed by atoms with van der Waals surface area (Å²) >= 11 is 0. The number of nitrogens with one attached hydrogen (secondary N) is 1. The van der Waals surface area contributed by atoms with Crippen LogP contribution < -0.4 is 10.5 Å². The summed E-state index contributed by atoms with van der Waals surface area (Å²) in [6.45, 7) is 0.877. The maximum Gasteiger partial charge on any atom is 0.243 e. The molecule has 3 rings (SSSR count). The quantitative estimate of drug-likeness (QED) is 0.553. The molecule has 2 amide bonds. The van der Waals surface area contributed by atoms with Crippen LogP contribution in [-0.4, -0.2) is 64.0 Å². The number of rotatable bonds is 8. The molecular formula is C21H26N4O6S2. The third-order valence-corrected chi connectivity index (χ3v) is 7.77. The van der Waals surface area contributed by atoms with Gasteiger partial charge in [0.1, 0.15) is 0 Å². The molecule has 1 heterocycles. The highest BCUT2D eigenvalue weighted by molar-refractivity contribution is 7.89. The summed E-state index contributed by atoms with van der Waals surface area (Å²) in [5.41, 5.74) is 0.850. The van der Waals surface area contributed by atoms with E-state index < -0.39 is 20.0 Å². The highest BCUT2D eigenvalue weighted by atomic mass is 32.2. The fraction of sp³-hybridized carbons (Fsp3) is 0.333. The van der Waals surface area contributed by atoms with Gasteiger partial charge in [0.2, 0.25) is 31.9 Å². The molecule has 0 atom stereocenters. The fourth-order valence-corrected chi connectivity index (χ4v) is 5.58. The van der Waals surface area contributed by atoms with Crippen LogP contribution >= 0.6 is 0 Å². The number of primary sulfonamides is 1. The summed E-state index contributed by atoms with van der Waals surface area (Å²) < 4.78 is 49.2. The first-order chi connectivity index (χ1) is 15.5. The normalized spacial score (nSPS) is 15.2. The van der Waals surface area contributed by atoms with Gasteiger partial charge in [0.25, 0.3) is 0 Å². The minimum atomic E-state index is -3.69. The lowest BCUT2D eigenvalue weighted by molar-refractivity contribution is -0.133. The molecule has 2 aromatic rings. The van der Waals surface area contributed by atoms with Crippen LogP contribution in [0.2, 0.25) is 0 Å². The van der Waals surface area contributed by atoms with Crippen LogP contribution in [0.15, 0.2) is 59.5 Å². The van der Waals surface area contributed by atoms with Gasteiger partial charge < -0.3 is 10.2 Å². The third kappa shape index (κ3) is 7.09. The van der Waals surface area contributed by atoms with Gasteiger partial charge in [-0.1, -0.05) is 30.3 Å². The number of amides is 2. The summed E-state index contributed by atoms with van der Waals surface area (Å²) in [5, 5.41) is 7.68. The third-order valence-electron chi connectivity index (χ3n) is 5.12. The topological polar surface area (TPSA) is 147 Å². The number of anilines is 1. The summed E-state index contributed by atoms with van der Waals surface area (Å²) in [5.74, 6) is -0.965. The maximum absolute atomic E-state index is 12.7. The summed E-state index contributed by atoms with van der Waals surface area (Å²) in [6, 6.07) is 14.4. The van der Waals surface area contributed by atoms with E-state index in [1.807, 2.05) is 0 Å². The van der Waals surface area contributed by atoms with Crippen molar-refractivity contribution < 1.29 is 26.4 Å². The number of hydrogen-bond donors (Lipinski definition) is 2. The summed E-state index contributed by atoms with van der Waals surface area (Å²) in [4.78, 5) is 26.5. The van der Waals surface area contributed by atoms with Crippen molar-refractivity contribution in [2.45, 2.75) is 23.5 Å². The van der Waals surface area contributed by atoms with Crippen molar-refractivity contribution in [3.05, 3.63) is 60.2 Å². The van der Waals surface area contributed by atoms with Gasteiger partial charge in [0, 0.05) is 44.7 Å². The number of piperazine rings is 1. The Morgan fingerprint density at radius 1 is 0.879 bits per heavy atom. The lowest BCUT2D eigenvalue weighted by Crippen LogP contribution is -2.50. The Bertz CT molecular complexity index is 1210. The van der Waals surface area contributed by atoms with E-state index in [9.17, 15) is 26.4 Å². The number of hydrogen-bond acceptors (Lipinski definition) is 6. The average Bonchev–Trinajstić information content (AvgIpc) is 2.77. The monoisotopic (exact) mass is 494 g/mol. The van der Waals surface area contributed by atoms with Crippen molar-refractivity contribution in [1.82, 2.24) is 9.21 Å². The number of sulfonamides is 2. The van der Waals surface area contributed by atoms with Crippen LogP contribution in [0.25, 0.3) is 0 Å². The molecule has 0 aromatic heterocycles. The number of nitrogens with two attached hydrogens (primary N) is 1. The lowest BCUT2D eigenvalue weighted by Gasteiger charge is -2.34. The standard InChI is InChI=1S/C21H26N4O6S2/c22-32(28,29)16-17-5-4-6-18(15-17)23-20(26)9-10-21(27)24-11-13-25(14-12-24)33(30,31)19-7-2-1-3-8-19/h1-8,15H,9-14,16H2,(H,23,26)(H2,22,28,29). The van der Waals surface area contributed by atoms with E-state index in [4.69, 9.17) is 5.14 Å². The van der Waals surface area contributed by atoms with Crippen LogP contribution in [0.3, 0.4) is 0 Å². The van der Waals surface area contributed by atoms with E-state index >= 15 is 0 Å². The minimum Gasteiger partial charge on any atom is -0.340 e.